The minimum atomic E-state index is -3.34. The second-order valence-corrected chi connectivity index (χ2v) is 35.9. The fourth-order valence-corrected chi connectivity index (χ4v) is 17.6. The van der Waals surface area contributed by atoms with E-state index < -0.39 is 283 Å². The number of aliphatic carboxylic acids is 2. The minimum absolute atomic E-state index is 0.0327. The molecule has 40 heteroatoms. The van der Waals surface area contributed by atoms with Crippen molar-refractivity contribution in [3.05, 3.63) is 12.2 Å². The summed E-state index contributed by atoms with van der Waals surface area (Å²) in [5.41, 5.74) is 0. The van der Waals surface area contributed by atoms with Crippen LogP contribution in [-0.4, -0.2) is 369 Å². The quantitative estimate of drug-likeness (QED) is 0.0235. The summed E-state index contributed by atoms with van der Waals surface area (Å²) in [6.45, 7) is -0.0809. The van der Waals surface area contributed by atoms with Crippen molar-refractivity contribution in [2.75, 3.05) is 53.9 Å². The van der Waals surface area contributed by atoms with Gasteiger partial charge in [-0.25, -0.2) is 9.59 Å². The highest BCUT2D eigenvalue weighted by Gasteiger charge is 2.63. The van der Waals surface area contributed by atoms with Gasteiger partial charge < -0.3 is 170 Å². The summed E-state index contributed by atoms with van der Waals surface area (Å²) in [7, 11) is 2.09. The predicted octanol–water partition coefficient (Wildman–Crippen LogP) is 1.87. The van der Waals surface area contributed by atoms with Crippen LogP contribution in [0, 0.1) is 5.92 Å². The number of carbonyl (C=O) groups excluding carboxylic acids is 4. The first-order valence-electron chi connectivity index (χ1n) is 48.1. The standard InChI is InChI=1S/C91H163N3O37/c1-7-10-12-14-16-18-20-22-24-26-27-28-29-31-33-35-37-39-41-43-45-59(103)83(115)94-84(70(107)58(102)44-42-40-38-36-34-32-30-25-23-21-19-17-15-13-11-8-2)128-86-76(113)75(112)79(65(52-98)124-86)126-87-77(114)82(74(111)66(125-87)54-122-90(88(116)117)47-60(104)57(46-56(101)9-3)78(129-90)71(108)62(49-95)120-5)127-85-69(92-55(4)100)81(73(110)64(51-97)123-85)131-91(89(118)119)48-61(105)68(93-67(106)53-99)80(130-91)72(109)63(50-96)121-6/h40,42,57-66,68-82,84-87,95-99,102-105,107-114H,7-39,41,43-54H2,1-6H3,(H,92,100)(H,93,106)(H,94,115)(H,116,117)(H,118,119). The number of ether oxygens (including phenoxy) is 12. The Morgan fingerprint density at radius 1 is 0.481 bits per heavy atom. The fourth-order valence-electron chi connectivity index (χ4n) is 17.6. The molecule has 5 aliphatic heterocycles. The summed E-state index contributed by atoms with van der Waals surface area (Å²) in [5, 5.41) is 224. The monoisotopic (exact) mass is 1890 g/mol. The van der Waals surface area contributed by atoms with Crippen molar-refractivity contribution >= 4 is 35.4 Å². The molecule has 0 aromatic rings. The Balaban J connectivity index is 1.46. The number of allylic oxidation sites excluding steroid dienone is 1. The van der Waals surface area contributed by atoms with E-state index in [0.29, 0.717) is 19.3 Å². The topological polar surface area (TPSA) is 634 Å². The number of ketones is 1. The number of Topliss-reactive ketones (excluding diaryl/α,β-unsaturated/α-hetero) is 1. The van der Waals surface area contributed by atoms with Gasteiger partial charge in [0.1, 0.15) is 128 Å². The molecule has 764 valence electrons. The van der Waals surface area contributed by atoms with Crippen LogP contribution in [-0.2, 0) is 85.6 Å². The Bertz CT molecular complexity index is 3170. The number of unbranched alkanes of at least 4 members (excludes halogenated alkanes) is 32. The lowest BCUT2D eigenvalue weighted by atomic mass is 9.80. The molecular formula is C91H163N3O37. The lowest BCUT2D eigenvalue weighted by Gasteiger charge is -2.52. The average molecular weight is 1890 g/mol. The van der Waals surface area contributed by atoms with Gasteiger partial charge in [0.2, 0.25) is 11.8 Å². The van der Waals surface area contributed by atoms with Crippen molar-refractivity contribution in [1.29, 1.82) is 0 Å². The van der Waals surface area contributed by atoms with Gasteiger partial charge in [-0.1, -0.05) is 238 Å². The zero-order valence-corrected chi connectivity index (χ0v) is 77.8. The molecule has 0 bridgehead atoms. The summed E-state index contributed by atoms with van der Waals surface area (Å²) >= 11 is 0. The summed E-state index contributed by atoms with van der Waals surface area (Å²) in [6, 6.07) is -4.01. The molecule has 22 N–H and O–H groups in total. The molecule has 3 amide bonds. The number of hydrogen-bond acceptors (Lipinski definition) is 35. The first-order chi connectivity index (χ1) is 62.8. The molecule has 5 fully saturated rings. The molecule has 31 atom stereocenters. The van der Waals surface area contributed by atoms with Gasteiger partial charge in [-0.15, -0.1) is 0 Å². The van der Waals surface area contributed by atoms with Gasteiger partial charge in [0, 0.05) is 52.7 Å². The van der Waals surface area contributed by atoms with E-state index in [2.05, 4.69) is 29.8 Å². The van der Waals surface area contributed by atoms with Gasteiger partial charge in [-0.05, 0) is 25.7 Å². The van der Waals surface area contributed by atoms with E-state index in [1.54, 1.807) is 6.08 Å². The van der Waals surface area contributed by atoms with Crippen LogP contribution in [0.3, 0.4) is 0 Å². The molecule has 5 saturated heterocycles. The lowest BCUT2D eigenvalue weighted by Crippen LogP contribution is -2.72. The number of rotatable bonds is 70. The van der Waals surface area contributed by atoms with Gasteiger partial charge in [-0.3, -0.25) is 19.2 Å². The number of carboxylic acids is 2. The van der Waals surface area contributed by atoms with E-state index in [9.17, 15) is 126 Å². The van der Waals surface area contributed by atoms with Crippen molar-refractivity contribution in [2.24, 2.45) is 5.92 Å². The Morgan fingerprint density at radius 3 is 1.41 bits per heavy atom. The molecule has 5 aliphatic rings. The third-order valence-corrected chi connectivity index (χ3v) is 25.7. The van der Waals surface area contributed by atoms with Crippen LogP contribution in [0.2, 0.25) is 0 Å². The number of carboxylic acid groups (broad SMARTS) is 2. The molecule has 31 unspecified atom stereocenters. The molecule has 40 nitrogen and oxygen atoms in total. The van der Waals surface area contributed by atoms with Crippen molar-refractivity contribution in [3.63, 3.8) is 0 Å². The van der Waals surface area contributed by atoms with Gasteiger partial charge in [0.05, 0.1) is 63.5 Å². The van der Waals surface area contributed by atoms with E-state index in [1.807, 2.05) is 6.08 Å². The second kappa shape index (κ2) is 63.2. The fraction of sp³-hybridized carbons (Fsp3) is 0.912. The van der Waals surface area contributed by atoms with Crippen molar-refractivity contribution < 1.29 is 183 Å². The van der Waals surface area contributed by atoms with Crippen molar-refractivity contribution in [2.45, 2.75) is 468 Å². The van der Waals surface area contributed by atoms with Crippen molar-refractivity contribution in [1.82, 2.24) is 16.0 Å². The van der Waals surface area contributed by atoms with Crippen molar-refractivity contribution in [3.8, 4) is 0 Å². The zero-order valence-electron chi connectivity index (χ0n) is 77.8. The van der Waals surface area contributed by atoms with Gasteiger partial charge in [0.15, 0.2) is 25.1 Å². The van der Waals surface area contributed by atoms with E-state index in [-0.39, 0.29) is 19.3 Å². The molecule has 0 aliphatic carbocycles. The van der Waals surface area contributed by atoms with Gasteiger partial charge in [-0.2, -0.15) is 0 Å². The Hall–Kier alpha value is -4.40. The SMILES string of the molecule is CCCCCCCCCCCCCCCC=CCC(O)C(O)C(NC(=O)C(O)CCCCCCCCCCCCCCCCCCCCCC)OC1OC(CO)C(OC2OC(COC3(C(=O)O)CC(O)C(CC(=O)CC)C(C(O)C(CO)OC)O3)C(O)C(OC3OC(CO)C(O)C(OC4(C(=O)O)CC(O)C(NC(=O)CO)C(C(O)C(CO)OC)O4)C3NC(C)=O)C2O)C(O)C1O. The summed E-state index contributed by atoms with van der Waals surface area (Å²) in [5.74, 6) is -15.8. The van der Waals surface area contributed by atoms with Gasteiger partial charge in [0.25, 0.3) is 17.5 Å². The zero-order chi connectivity index (χ0) is 96.8. The maximum atomic E-state index is 14.0. The first kappa shape index (κ1) is 117. The van der Waals surface area contributed by atoms with Crippen LogP contribution in [0.1, 0.15) is 285 Å². The Labute approximate surface area is 770 Å². The average Bonchev–Trinajstić information content (AvgIpc) is 0.748. The highest BCUT2D eigenvalue weighted by Crippen LogP contribution is 2.43. The number of carbonyl (C=O) groups is 6. The number of aliphatic hydroxyl groups is 17. The number of amides is 3. The van der Waals surface area contributed by atoms with Crippen LogP contribution < -0.4 is 16.0 Å². The van der Waals surface area contributed by atoms with E-state index in [4.69, 9.17) is 56.8 Å². The van der Waals surface area contributed by atoms with Crippen LogP contribution >= 0.6 is 0 Å². The highest BCUT2D eigenvalue weighted by molar-refractivity contribution is 5.81. The van der Waals surface area contributed by atoms with Gasteiger partial charge >= 0.3 is 11.9 Å². The van der Waals surface area contributed by atoms with E-state index >= 15 is 0 Å². The van der Waals surface area contributed by atoms with Crippen LogP contribution in [0.4, 0.5) is 0 Å². The third kappa shape index (κ3) is 37.4. The largest absolute Gasteiger partial charge is 0.477 e. The number of hydrogen-bond donors (Lipinski definition) is 22. The third-order valence-electron chi connectivity index (χ3n) is 25.7. The predicted molar refractivity (Wildman–Crippen MR) is 468 cm³/mol. The molecule has 0 saturated carbocycles. The Kier molecular flexibility index (Phi) is 56.5. The molecule has 0 aromatic heterocycles. The summed E-state index contributed by atoms with van der Waals surface area (Å²) < 4.78 is 71.1. The summed E-state index contributed by atoms with van der Waals surface area (Å²) in [6.07, 6.45) is -16.6. The van der Waals surface area contributed by atoms with Crippen LogP contribution in [0.15, 0.2) is 12.2 Å². The number of aliphatic hydroxyl groups excluding tert-OH is 17. The Morgan fingerprint density at radius 2 is 0.939 bits per heavy atom. The first-order valence-corrected chi connectivity index (χ1v) is 48.1. The van der Waals surface area contributed by atoms with E-state index in [1.165, 1.54) is 142 Å². The second-order valence-electron chi connectivity index (χ2n) is 35.9. The maximum absolute atomic E-state index is 14.0. The summed E-state index contributed by atoms with van der Waals surface area (Å²) in [4.78, 5) is 80.6. The lowest BCUT2D eigenvalue weighted by molar-refractivity contribution is -0.390. The normalized spacial score (nSPS) is 31.4. The van der Waals surface area contributed by atoms with Crippen LogP contribution in [0.5, 0.6) is 0 Å². The number of nitrogens with one attached hydrogen (secondary N) is 3. The smallest absolute Gasteiger partial charge is 0.364 e. The molecule has 0 radical (unpaired) electrons. The highest BCUT2D eigenvalue weighted by atomic mass is 16.8. The van der Waals surface area contributed by atoms with E-state index in [0.717, 1.165) is 85.4 Å². The molecule has 5 heterocycles. The minimum Gasteiger partial charge on any atom is -0.477 e. The number of methoxy groups -OCH3 is 2. The molecule has 0 spiro atoms. The molecule has 5 rings (SSSR count). The molecule has 0 aromatic carbocycles. The van der Waals surface area contributed by atoms with Crippen LogP contribution in [0.25, 0.3) is 0 Å². The molecule has 131 heavy (non-hydrogen) atoms. The maximum Gasteiger partial charge on any atom is 0.364 e. The molecular weight excluding hydrogens is 1730 g/mol.